The van der Waals surface area contributed by atoms with Crippen LogP contribution >= 0.6 is 0 Å². The van der Waals surface area contributed by atoms with E-state index in [1.54, 1.807) is 44.2 Å². The Labute approximate surface area is 260 Å². The molecule has 1 aliphatic rings. The summed E-state index contributed by atoms with van der Waals surface area (Å²) >= 11 is 0. The second kappa shape index (κ2) is 15.5. The van der Waals surface area contributed by atoms with Crippen LogP contribution in [-0.2, 0) is 30.5 Å². The van der Waals surface area contributed by atoms with Gasteiger partial charge in [0.2, 0.25) is 23.6 Å². The van der Waals surface area contributed by atoms with Gasteiger partial charge in [-0.25, -0.2) is 0 Å². The molecule has 1 aliphatic heterocycles. The number of aliphatic imine (C=N–C) groups is 1. The lowest BCUT2D eigenvalue weighted by atomic mass is 9.99. The fraction of sp³-hybridized carbons (Fsp3) is 0.433. The molecule has 3 rings (SSSR count). The third-order valence-corrected chi connectivity index (χ3v) is 7.41. The van der Waals surface area contributed by atoms with Gasteiger partial charge in [0.25, 0.3) is 5.91 Å². The van der Waals surface area contributed by atoms with E-state index in [1.807, 2.05) is 6.07 Å². The van der Waals surface area contributed by atoms with E-state index in [0.717, 1.165) is 5.39 Å². The average Bonchev–Trinajstić information content (AvgIpc) is 2.99. The van der Waals surface area contributed by atoms with Crippen LogP contribution in [-0.4, -0.2) is 89.7 Å². The first-order valence-corrected chi connectivity index (χ1v) is 14.5. The number of amides is 5. The number of carbonyl (C=O) groups excluding carboxylic acids is 5. The molecule has 2 aromatic carbocycles. The van der Waals surface area contributed by atoms with Crippen molar-refractivity contribution in [2.24, 2.45) is 22.4 Å². The minimum atomic E-state index is -1.43. The predicted octanol–water partition coefficient (Wildman–Crippen LogP) is -0.820. The standard InChI is InChI=1S/C30H40N8O7/c1-16(2)25-29(45)38(3)22(8-5-11-33-30(31)32)28(44)35-15-23(39)36-21(13-24(40)41)27(43)34-14-19-7-4-6-17-9-10-18(12-20(17)19)26(42)37-25/h4,6-7,9-10,12,16,21-22,25H,5,8,11,13-15H2,1-3H3,(H,34,43)(H,35,44)(H,36,39)(H,37,42)(H,40,41)(H4,31,32,33)/t21-,22+,25-/m1/s1. The molecule has 0 saturated carbocycles. The van der Waals surface area contributed by atoms with Crippen LogP contribution in [0.3, 0.4) is 0 Å². The van der Waals surface area contributed by atoms with Gasteiger partial charge in [-0.3, -0.25) is 33.8 Å². The Morgan fingerprint density at radius 3 is 2.40 bits per heavy atom. The van der Waals surface area contributed by atoms with Crippen molar-refractivity contribution in [3.05, 3.63) is 47.5 Å². The molecule has 5 amide bonds. The fourth-order valence-electron chi connectivity index (χ4n) is 4.96. The average molecular weight is 625 g/mol. The Morgan fingerprint density at radius 1 is 1.02 bits per heavy atom. The van der Waals surface area contributed by atoms with E-state index in [4.69, 9.17) is 11.5 Å². The van der Waals surface area contributed by atoms with E-state index in [2.05, 4.69) is 26.3 Å². The molecule has 242 valence electrons. The molecule has 0 fully saturated rings. The van der Waals surface area contributed by atoms with Crippen LogP contribution < -0.4 is 32.7 Å². The van der Waals surface area contributed by atoms with Gasteiger partial charge >= 0.3 is 5.97 Å². The molecule has 2 aromatic rings. The Kier molecular flexibility index (Phi) is 11.8. The van der Waals surface area contributed by atoms with Crippen molar-refractivity contribution < 1.29 is 33.9 Å². The number of hydrogen-bond donors (Lipinski definition) is 7. The Hall–Kier alpha value is -5.21. The molecule has 45 heavy (non-hydrogen) atoms. The van der Waals surface area contributed by atoms with Crippen molar-refractivity contribution in [1.29, 1.82) is 0 Å². The smallest absolute Gasteiger partial charge is 0.305 e. The number of hydrogen-bond acceptors (Lipinski definition) is 7. The summed E-state index contributed by atoms with van der Waals surface area (Å²) in [6.45, 7) is 3.08. The lowest BCUT2D eigenvalue weighted by Gasteiger charge is -2.32. The third kappa shape index (κ3) is 9.39. The molecule has 0 spiro atoms. The summed E-state index contributed by atoms with van der Waals surface area (Å²) < 4.78 is 0. The van der Waals surface area contributed by atoms with E-state index >= 15 is 0 Å². The molecule has 0 saturated heterocycles. The molecule has 0 unspecified atom stereocenters. The number of nitrogens with zero attached hydrogens (tertiary/aromatic N) is 2. The van der Waals surface area contributed by atoms with Gasteiger partial charge in [-0.1, -0.05) is 38.1 Å². The molecular weight excluding hydrogens is 584 g/mol. The van der Waals surface area contributed by atoms with Gasteiger partial charge in [-0.15, -0.1) is 0 Å². The molecule has 2 bridgehead atoms. The van der Waals surface area contributed by atoms with E-state index in [9.17, 15) is 33.9 Å². The zero-order valence-corrected chi connectivity index (χ0v) is 25.5. The van der Waals surface area contributed by atoms with Gasteiger partial charge in [0.1, 0.15) is 18.1 Å². The fourth-order valence-corrected chi connectivity index (χ4v) is 4.96. The van der Waals surface area contributed by atoms with Gasteiger partial charge < -0.3 is 42.7 Å². The summed E-state index contributed by atoms with van der Waals surface area (Å²) in [6.07, 6.45) is -0.284. The molecule has 1 heterocycles. The monoisotopic (exact) mass is 624 g/mol. The Balaban J connectivity index is 2.03. The highest BCUT2D eigenvalue weighted by atomic mass is 16.4. The SMILES string of the molecule is CC(C)[C@H]1NC(=O)c2ccc3cccc(c3c2)CNC(=O)[C@@H](CC(=O)O)NC(=O)CNC(=O)[C@H](CCCN=C(N)N)N(C)C1=O. The largest absolute Gasteiger partial charge is 0.481 e. The van der Waals surface area contributed by atoms with Gasteiger partial charge in [-0.05, 0) is 47.2 Å². The zero-order chi connectivity index (χ0) is 33.3. The van der Waals surface area contributed by atoms with Crippen molar-refractivity contribution in [1.82, 2.24) is 26.2 Å². The van der Waals surface area contributed by atoms with E-state index in [1.165, 1.54) is 11.9 Å². The van der Waals surface area contributed by atoms with Crippen molar-refractivity contribution in [3.8, 4) is 0 Å². The number of carbonyl (C=O) groups is 6. The maximum Gasteiger partial charge on any atom is 0.305 e. The highest BCUT2D eigenvalue weighted by Crippen LogP contribution is 2.22. The quantitative estimate of drug-likeness (QED) is 0.116. The zero-order valence-electron chi connectivity index (χ0n) is 25.5. The number of benzene rings is 2. The maximum atomic E-state index is 13.8. The van der Waals surface area contributed by atoms with Crippen molar-refractivity contribution in [3.63, 3.8) is 0 Å². The van der Waals surface area contributed by atoms with Crippen molar-refractivity contribution in [2.45, 2.75) is 57.8 Å². The summed E-state index contributed by atoms with van der Waals surface area (Å²) in [5, 5.41) is 21.1. The van der Waals surface area contributed by atoms with E-state index in [0.29, 0.717) is 17.4 Å². The van der Waals surface area contributed by atoms with E-state index in [-0.39, 0.29) is 37.0 Å². The molecule has 0 aliphatic carbocycles. The maximum absolute atomic E-state index is 13.8. The van der Waals surface area contributed by atoms with Gasteiger partial charge in [-0.2, -0.15) is 0 Å². The summed E-state index contributed by atoms with van der Waals surface area (Å²) in [4.78, 5) is 82.9. The molecule has 15 nitrogen and oxygen atoms in total. The number of aliphatic carboxylic acids is 1. The number of carboxylic acids is 1. The molecule has 0 aromatic heterocycles. The van der Waals surface area contributed by atoms with Crippen LogP contribution in [0.1, 0.15) is 49.0 Å². The summed E-state index contributed by atoms with van der Waals surface area (Å²) in [5.41, 5.74) is 11.7. The number of nitrogens with two attached hydrogens (primary N) is 2. The van der Waals surface area contributed by atoms with Crippen LogP contribution in [0.25, 0.3) is 10.8 Å². The minimum absolute atomic E-state index is 0.0244. The third-order valence-electron chi connectivity index (χ3n) is 7.41. The van der Waals surface area contributed by atoms with E-state index < -0.39 is 66.6 Å². The molecule has 15 heteroatoms. The van der Waals surface area contributed by atoms with Crippen LogP contribution in [0.4, 0.5) is 0 Å². The second-order valence-corrected chi connectivity index (χ2v) is 11.1. The van der Waals surface area contributed by atoms with Crippen LogP contribution in [0, 0.1) is 5.92 Å². The first-order chi connectivity index (χ1) is 21.3. The van der Waals surface area contributed by atoms with Crippen molar-refractivity contribution >= 4 is 52.2 Å². The number of nitrogens with one attached hydrogen (secondary N) is 4. The number of likely N-dealkylation sites (N-methyl/N-ethyl adjacent to an activating group) is 1. The molecule has 9 N–H and O–H groups in total. The van der Waals surface area contributed by atoms with Crippen LogP contribution in [0.15, 0.2) is 41.4 Å². The number of rotatable bonds is 7. The topological polar surface area (TPSA) is 238 Å². The highest BCUT2D eigenvalue weighted by Gasteiger charge is 2.34. The second-order valence-electron chi connectivity index (χ2n) is 11.1. The molecule has 3 atom stereocenters. The lowest BCUT2D eigenvalue weighted by Crippen LogP contribution is -2.57. The van der Waals surface area contributed by atoms with Crippen LogP contribution in [0.5, 0.6) is 0 Å². The first kappa shape index (κ1) is 34.3. The summed E-state index contributed by atoms with van der Waals surface area (Å²) in [7, 11) is 1.42. The first-order valence-electron chi connectivity index (χ1n) is 14.5. The lowest BCUT2D eigenvalue weighted by molar-refractivity contribution is -0.142. The van der Waals surface area contributed by atoms with Gasteiger partial charge in [0.05, 0.1) is 13.0 Å². The number of fused-ring (bicyclic) bond motifs is 1. The number of guanidine groups is 1. The van der Waals surface area contributed by atoms with Crippen LogP contribution in [0.2, 0.25) is 0 Å². The van der Waals surface area contributed by atoms with Gasteiger partial charge in [0.15, 0.2) is 5.96 Å². The van der Waals surface area contributed by atoms with Gasteiger partial charge in [0, 0.05) is 25.7 Å². The summed E-state index contributed by atoms with van der Waals surface area (Å²) in [6, 6.07) is 6.83. The molecular formula is C30H40N8O7. The minimum Gasteiger partial charge on any atom is -0.481 e. The number of carboxylic acid groups (broad SMARTS) is 1. The highest BCUT2D eigenvalue weighted by molar-refractivity contribution is 6.02. The summed E-state index contributed by atoms with van der Waals surface area (Å²) in [5.74, 6) is -5.09. The Morgan fingerprint density at radius 2 is 1.73 bits per heavy atom. The molecule has 0 radical (unpaired) electrons. The normalized spacial score (nSPS) is 20.4. The Bertz CT molecular complexity index is 1490. The predicted molar refractivity (Wildman–Crippen MR) is 166 cm³/mol. The van der Waals surface area contributed by atoms with Crippen molar-refractivity contribution in [2.75, 3.05) is 20.1 Å².